The first kappa shape index (κ1) is 16.5. The van der Waals surface area contributed by atoms with Crippen LogP contribution in [0, 0.1) is 5.41 Å². The minimum absolute atomic E-state index is 0.124. The van der Waals surface area contributed by atoms with E-state index in [0.29, 0.717) is 11.0 Å². The first-order valence-corrected chi connectivity index (χ1v) is 8.66. The summed E-state index contributed by atoms with van der Waals surface area (Å²) in [6.07, 6.45) is 2.75. The van der Waals surface area contributed by atoms with E-state index in [9.17, 15) is 4.79 Å². The first-order chi connectivity index (χ1) is 11.4. The molecular formula is C16H20N6OS. The molecule has 3 rings (SSSR count). The number of thioether (sulfide) groups is 1. The van der Waals surface area contributed by atoms with E-state index in [1.807, 2.05) is 34.9 Å². The molecule has 3 heterocycles. The van der Waals surface area contributed by atoms with Crippen molar-refractivity contribution >= 4 is 29.1 Å². The van der Waals surface area contributed by atoms with E-state index in [1.54, 1.807) is 0 Å². The Morgan fingerprint density at radius 2 is 2.17 bits per heavy atom. The molecule has 1 amide bonds. The third-order valence-corrected chi connectivity index (χ3v) is 4.18. The smallest absolute Gasteiger partial charge is 0.236 e. The Balaban J connectivity index is 1.56. The lowest BCUT2D eigenvalue weighted by Crippen LogP contribution is -2.14. The fourth-order valence-electron chi connectivity index (χ4n) is 2.31. The molecule has 3 aromatic rings. The van der Waals surface area contributed by atoms with Crippen LogP contribution < -0.4 is 5.32 Å². The number of aromatic nitrogens is 5. The van der Waals surface area contributed by atoms with Crippen molar-refractivity contribution in [2.24, 2.45) is 5.41 Å². The highest BCUT2D eigenvalue weighted by Gasteiger charge is 2.14. The lowest BCUT2D eigenvalue weighted by Gasteiger charge is -2.15. The molecule has 7 nitrogen and oxygen atoms in total. The third kappa shape index (κ3) is 4.14. The largest absolute Gasteiger partial charge is 0.308 e. The van der Waals surface area contributed by atoms with Gasteiger partial charge in [0.15, 0.2) is 16.6 Å². The van der Waals surface area contributed by atoms with E-state index in [2.05, 4.69) is 46.5 Å². The number of carbonyl (C=O) groups excluding carboxylic acids is 1. The number of amides is 1. The number of aromatic amines is 1. The SMILES string of the molecule is CC(C)(C)Cc1cc(NC(=O)CSc2nnc3ccccn23)n[nH]1. The molecule has 0 aliphatic heterocycles. The summed E-state index contributed by atoms with van der Waals surface area (Å²) in [5.41, 5.74) is 1.94. The summed E-state index contributed by atoms with van der Waals surface area (Å²) in [7, 11) is 0. The van der Waals surface area contributed by atoms with E-state index in [4.69, 9.17) is 0 Å². The van der Waals surface area contributed by atoms with E-state index >= 15 is 0 Å². The molecule has 0 aliphatic carbocycles. The molecule has 0 aliphatic rings. The molecule has 0 aromatic carbocycles. The molecule has 0 saturated carbocycles. The second kappa shape index (κ2) is 6.64. The van der Waals surface area contributed by atoms with Gasteiger partial charge in [0.25, 0.3) is 0 Å². The van der Waals surface area contributed by atoms with E-state index in [0.717, 1.165) is 17.8 Å². The second-order valence-corrected chi connectivity index (χ2v) is 7.71. The molecule has 0 unspecified atom stereocenters. The molecule has 126 valence electrons. The van der Waals surface area contributed by atoms with Gasteiger partial charge < -0.3 is 5.32 Å². The number of hydrogen-bond donors (Lipinski definition) is 2. The summed E-state index contributed by atoms with van der Waals surface area (Å²) in [5, 5.41) is 18.7. The van der Waals surface area contributed by atoms with Gasteiger partial charge >= 0.3 is 0 Å². The summed E-state index contributed by atoms with van der Waals surface area (Å²) in [6.45, 7) is 6.48. The first-order valence-electron chi connectivity index (χ1n) is 7.67. The Hall–Kier alpha value is -2.35. The highest BCUT2D eigenvalue weighted by atomic mass is 32.2. The number of pyridine rings is 1. The maximum absolute atomic E-state index is 12.1. The third-order valence-electron chi connectivity index (χ3n) is 3.23. The van der Waals surface area contributed by atoms with Crippen LogP contribution in [0.25, 0.3) is 5.65 Å². The molecule has 3 aromatic heterocycles. The van der Waals surface area contributed by atoms with Gasteiger partial charge in [-0.25, -0.2) is 0 Å². The quantitative estimate of drug-likeness (QED) is 0.695. The number of nitrogens with one attached hydrogen (secondary N) is 2. The summed E-state index contributed by atoms with van der Waals surface area (Å²) < 4.78 is 1.86. The average molecular weight is 344 g/mol. The number of carbonyl (C=O) groups is 1. The van der Waals surface area contributed by atoms with Crippen molar-refractivity contribution in [3.63, 3.8) is 0 Å². The monoisotopic (exact) mass is 344 g/mol. The summed E-state index contributed by atoms with van der Waals surface area (Å²) in [4.78, 5) is 12.1. The zero-order valence-corrected chi connectivity index (χ0v) is 14.7. The molecule has 0 saturated heterocycles. The van der Waals surface area contributed by atoms with Crippen LogP contribution in [0.15, 0.2) is 35.6 Å². The second-order valence-electron chi connectivity index (χ2n) is 6.76. The molecule has 0 spiro atoms. The maximum Gasteiger partial charge on any atom is 0.236 e. The predicted octanol–water partition coefficient (Wildman–Crippen LogP) is 2.77. The van der Waals surface area contributed by atoms with Gasteiger partial charge in [-0.05, 0) is 24.0 Å². The van der Waals surface area contributed by atoms with Gasteiger partial charge in [-0.3, -0.25) is 14.3 Å². The van der Waals surface area contributed by atoms with E-state index in [-0.39, 0.29) is 17.1 Å². The fourth-order valence-corrected chi connectivity index (χ4v) is 3.04. The van der Waals surface area contributed by atoms with Crippen molar-refractivity contribution in [1.82, 2.24) is 24.8 Å². The number of rotatable bonds is 5. The predicted molar refractivity (Wildman–Crippen MR) is 94.1 cm³/mol. The van der Waals surface area contributed by atoms with Crippen molar-refractivity contribution in [2.45, 2.75) is 32.3 Å². The van der Waals surface area contributed by atoms with E-state index < -0.39 is 0 Å². The van der Waals surface area contributed by atoms with Crippen LogP contribution in [0.2, 0.25) is 0 Å². The Bertz CT molecular complexity index is 847. The maximum atomic E-state index is 12.1. The molecular weight excluding hydrogens is 324 g/mol. The normalized spacial score (nSPS) is 11.8. The average Bonchev–Trinajstić information content (AvgIpc) is 3.10. The lowest BCUT2D eigenvalue weighted by molar-refractivity contribution is -0.113. The number of H-pyrrole nitrogens is 1. The molecule has 2 N–H and O–H groups in total. The lowest BCUT2D eigenvalue weighted by atomic mass is 9.91. The van der Waals surface area contributed by atoms with Crippen LogP contribution in [-0.4, -0.2) is 36.5 Å². The van der Waals surface area contributed by atoms with Crippen LogP contribution in [0.4, 0.5) is 5.82 Å². The van der Waals surface area contributed by atoms with Crippen molar-refractivity contribution in [3.8, 4) is 0 Å². The summed E-state index contributed by atoms with van der Waals surface area (Å²) >= 11 is 1.34. The number of nitrogens with zero attached hydrogens (tertiary/aromatic N) is 4. The Kier molecular flexibility index (Phi) is 4.57. The van der Waals surface area contributed by atoms with Crippen molar-refractivity contribution in [3.05, 3.63) is 36.2 Å². The number of fused-ring (bicyclic) bond motifs is 1. The van der Waals surface area contributed by atoms with Gasteiger partial charge in [0.1, 0.15) is 0 Å². The molecule has 24 heavy (non-hydrogen) atoms. The van der Waals surface area contributed by atoms with Crippen LogP contribution in [0.3, 0.4) is 0 Å². The zero-order valence-electron chi connectivity index (χ0n) is 13.9. The minimum Gasteiger partial charge on any atom is -0.308 e. The molecule has 0 bridgehead atoms. The van der Waals surface area contributed by atoms with Gasteiger partial charge in [-0.15, -0.1) is 10.2 Å². The van der Waals surface area contributed by atoms with Crippen LogP contribution in [0.1, 0.15) is 26.5 Å². The molecule has 8 heteroatoms. The highest BCUT2D eigenvalue weighted by Crippen LogP contribution is 2.21. The van der Waals surface area contributed by atoms with Gasteiger partial charge in [0.2, 0.25) is 5.91 Å². The molecule has 0 atom stereocenters. The van der Waals surface area contributed by atoms with Crippen molar-refractivity contribution < 1.29 is 4.79 Å². The van der Waals surface area contributed by atoms with Gasteiger partial charge in [0, 0.05) is 18.0 Å². The Morgan fingerprint density at radius 3 is 2.96 bits per heavy atom. The van der Waals surface area contributed by atoms with Crippen LogP contribution >= 0.6 is 11.8 Å². The standard InChI is InChI=1S/C16H20N6OS/c1-16(2,3)9-11-8-12(19-18-11)17-14(23)10-24-15-21-20-13-6-4-5-7-22(13)15/h4-8H,9-10H2,1-3H3,(H2,17,18,19,23). The van der Waals surface area contributed by atoms with Gasteiger partial charge in [0.05, 0.1) is 5.75 Å². The number of anilines is 1. The van der Waals surface area contributed by atoms with E-state index in [1.165, 1.54) is 11.8 Å². The van der Waals surface area contributed by atoms with Gasteiger partial charge in [-0.1, -0.05) is 38.6 Å². The van der Waals surface area contributed by atoms with Gasteiger partial charge in [-0.2, -0.15) is 5.10 Å². The molecule has 0 radical (unpaired) electrons. The molecule has 0 fully saturated rings. The van der Waals surface area contributed by atoms with Crippen molar-refractivity contribution in [2.75, 3.05) is 11.1 Å². The Morgan fingerprint density at radius 1 is 1.33 bits per heavy atom. The highest BCUT2D eigenvalue weighted by molar-refractivity contribution is 7.99. The van der Waals surface area contributed by atoms with Crippen LogP contribution in [0.5, 0.6) is 0 Å². The zero-order chi connectivity index (χ0) is 17.2. The Labute approximate surface area is 144 Å². The minimum atomic E-state index is -0.124. The topological polar surface area (TPSA) is 88.0 Å². The summed E-state index contributed by atoms with van der Waals surface area (Å²) in [6, 6.07) is 7.55. The number of hydrogen-bond acceptors (Lipinski definition) is 5. The van der Waals surface area contributed by atoms with Crippen molar-refractivity contribution in [1.29, 1.82) is 0 Å². The summed E-state index contributed by atoms with van der Waals surface area (Å²) in [5.74, 6) is 0.671. The fraction of sp³-hybridized carbons (Fsp3) is 0.375. The van der Waals surface area contributed by atoms with Crippen LogP contribution in [-0.2, 0) is 11.2 Å².